The van der Waals surface area contributed by atoms with Gasteiger partial charge in [0, 0.05) is 10.0 Å². The highest BCUT2D eigenvalue weighted by molar-refractivity contribution is 9.10. The Kier molecular flexibility index (Phi) is 5.25. The monoisotopic (exact) mass is 374 g/mol. The van der Waals surface area contributed by atoms with Crippen LogP contribution in [0.3, 0.4) is 0 Å². The topological polar surface area (TPSA) is 9.23 Å². The summed E-state index contributed by atoms with van der Waals surface area (Å²) < 4.78 is 7.14. The average molecular weight is 375 g/mol. The number of ether oxygens (including phenoxy) is 1. The van der Waals surface area contributed by atoms with Gasteiger partial charge in [-0.3, -0.25) is 0 Å². The Morgan fingerprint density at radius 3 is 2.00 bits per heavy atom. The second-order valence-electron chi connectivity index (χ2n) is 8.10. The van der Waals surface area contributed by atoms with Gasteiger partial charge in [-0.15, -0.1) is 0 Å². The summed E-state index contributed by atoms with van der Waals surface area (Å²) in [6, 6.07) is 14.6. The van der Waals surface area contributed by atoms with Crippen molar-refractivity contribution in [2.24, 2.45) is 0 Å². The highest BCUT2D eigenvalue weighted by Crippen LogP contribution is 2.37. The van der Waals surface area contributed by atoms with E-state index in [0.29, 0.717) is 6.61 Å². The number of para-hydroxylation sites is 1. The van der Waals surface area contributed by atoms with Gasteiger partial charge in [0.2, 0.25) is 0 Å². The Labute approximate surface area is 149 Å². The fourth-order valence-electron chi connectivity index (χ4n) is 2.45. The van der Waals surface area contributed by atoms with Crippen LogP contribution in [0.1, 0.15) is 58.2 Å². The van der Waals surface area contributed by atoms with Crippen LogP contribution in [0.2, 0.25) is 0 Å². The molecule has 0 aliphatic rings. The quantitative estimate of drug-likeness (QED) is 0.586. The Bertz CT molecular complexity index is 661. The molecule has 2 aromatic rings. The SMILES string of the molecule is CC(C)(C)c1cc(COc2ccccc2)c(Br)c(C(C)(C)C)c1. The molecule has 0 atom stereocenters. The fourth-order valence-corrected chi connectivity index (χ4v) is 3.38. The molecule has 2 rings (SSSR count). The molecule has 0 aliphatic heterocycles. The standard InChI is InChI=1S/C21H27BrO/c1-20(2,3)16-12-15(14-23-17-10-8-7-9-11-17)19(22)18(13-16)21(4,5)6/h7-13H,14H2,1-6H3. The molecule has 2 aromatic carbocycles. The lowest BCUT2D eigenvalue weighted by molar-refractivity contribution is 0.304. The zero-order chi connectivity index (χ0) is 17.3. The highest BCUT2D eigenvalue weighted by atomic mass is 79.9. The summed E-state index contributed by atoms with van der Waals surface area (Å²) in [5.41, 5.74) is 4.07. The van der Waals surface area contributed by atoms with E-state index < -0.39 is 0 Å². The van der Waals surface area contributed by atoms with E-state index >= 15 is 0 Å². The van der Waals surface area contributed by atoms with Gasteiger partial charge >= 0.3 is 0 Å². The summed E-state index contributed by atoms with van der Waals surface area (Å²) in [4.78, 5) is 0. The third-order valence-electron chi connectivity index (χ3n) is 3.96. The van der Waals surface area contributed by atoms with Crippen molar-refractivity contribution in [3.63, 3.8) is 0 Å². The molecule has 0 spiro atoms. The van der Waals surface area contributed by atoms with Crippen molar-refractivity contribution in [2.45, 2.75) is 59.0 Å². The number of benzene rings is 2. The molecule has 0 amide bonds. The smallest absolute Gasteiger partial charge is 0.119 e. The Morgan fingerprint density at radius 2 is 1.48 bits per heavy atom. The van der Waals surface area contributed by atoms with Crippen LogP contribution >= 0.6 is 15.9 Å². The van der Waals surface area contributed by atoms with Gasteiger partial charge in [-0.1, -0.05) is 87.8 Å². The van der Waals surface area contributed by atoms with E-state index in [2.05, 4.69) is 69.6 Å². The van der Waals surface area contributed by atoms with Crippen molar-refractivity contribution in [3.8, 4) is 5.75 Å². The lowest BCUT2D eigenvalue weighted by Crippen LogP contribution is -2.18. The number of rotatable bonds is 3. The average Bonchev–Trinajstić information content (AvgIpc) is 2.44. The predicted octanol–water partition coefficient (Wildman–Crippen LogP) is 6.62. The number of hydrogen-bond donors (Lipinski definition) is 0. The van der Waals surface area contributed by atoms with Gasteiger partial charge in [0.15, 0.2) is 0 Å². The van der Waals surface area contributed by atoms with Gasteiger partial charge in [-0.2, -0.15) is 0 Å². The van der Waals surface area contributed by atoms with Crippen molar-refractivity contribution in [1.29, 1.82) is 0 Å². The maximum atomic E-state index is 5.98. The van der Waals surface area contributed by atoms with Crippen LogP contribution in [0, 0.1) is 0 Å². The minimum absolute atomic E-state index is 0.0849. The maximum Gasteiger partial charge on any atom is 0.119 e. The van der Waals surface area contributed by atoms with Crippen LogP contribution in [0.4, 0.5) is 0 Å². The Hall–Kier alpha value is -1.28. The Balaban J connectivity index is 2.41. The van der Waals surface area contributed by atoms with Gasteiger partial charge in [-0.25, -0.2) is 0 Å². The molecule has 0 radical (unpaired) electrons. The van der Waals surface area contributed by atoms with Crippen LogP contribution < -0.4 is 4.74 Å². The summed E-state index contributed by atoms with van der Waals surface area (Å²) in [5, 5.41) is 0. The second-order valence-corrected chi connectivity index (χ2v) is 8.89. The maximum absolute atomic E-state index is 5.98. The van der Waals surface area contributed by atoms with Crippen molar-refractivity contribution < 1.29 is 4.74 Å². The van der Waals surface area contributed by atoms with Crippen LogP contribution in [-0.2, 0) is 17.4 Å². The van der Waals surface area contributed by atoms with E-state index in [1.165, 1.54) is 16.7 Å². The predicted molar refractivity (Wildman–Crippen MR) is 102 cm³/mol. The van der Waals surface area contributed by atoms with E-state index in [0.717, 1.165) is 10.2 Å². The van der Waals surface area contributed by atoms with Crippen LogP contribution in [0.15, 0.2) is 46.9 Å². The molecule has 0 unspecified atom stereocenters. The summed E-state index contributed by atoms with van der Waals surface area (Å²) in [5.74, 6) is 0.901. The lowest BCUT2D eigenvalue weighted by atomic mass is 9.79. The van der Waals surface area contributed by atoms with Crippen molar-refractivity contribution in [3.05, 3.63) is 63.6 Å². The van der Waals surface area contributed by atoms with Gasteiger partial charge in [0.05, 0.1) is 0 Å². The van der Waals surface area contributed by atoms with E-state index in [1.54, 1.807) is 0 Å². The van der Waals surface area contributed by atoms with Crippen molar-refractivity contribution in [2.75, 3.05) is 0 Å². The van der Waals surface area contributed by atoms with Crippen molar-refractivity contribution in [1.82, 2.24) is 0 Å². The highest BCUT2D eigenvalue weighted by Gasteiger charge is 2.24. The third kappa shape index (κ3) is 4.60. The number of halogens is 1. The normalized spacial score (nSPS) is 12.3. The van der Waals surface area contributed by atoms with Crippen LogP contribution in [0.5, 0.6) is 5.75 Å². The van der Waals surface area contributed by atoms with Gasteiger partial charge < -0.3 is 4.74 Å². The summed E-state index contributed by atoms with van der Waals surface area (Å²) in [7, 11) is 0. The minimum atomic E-state index is 0.0849. The minimum Gasteiger partial charge on any atom is -0.489 e. The molecule has 0 saturated heterocycles. The zero-order valence-corrected chi connectivity index (χ0v) is 16.6. The lowest BCUT2D eigenvalue weighted by Gasteiger charge is -2.28. The molecule has 1 nitrogen and oxygen atoms in total. The molecule has 23 heavy (non-hydrogen) atoms. The second kappa shape index (κ2) is 6.68. The molecule has 0 aliphatic carbocycles. The summed E-state index contributed by atoms with van der Waals surface area (Å²) in [6.45, 7) is 14.1. The number of hydrogen-bond acceptors (Lipinski definition) is 1. The molecule has 124 valence electrons. The summed E-state index contributed by atoms with van der Waals surface area (Å²) >= 11 is 3.81. The van der Waals surface area contributed by atoms with Crippen LogP contribution in [0.25, 0.3) is 0 Å². The molecule has 0 fully saturated rings. The molecule has 0 N–H and O–H groups in total. The van der Waals surface area contributed by atoms with E-state index in [4.69, 9.17) is 4.74 Å². The molecule has 0 heterocycles. The summed E-state index contributed by atoms with van der Waals surface area (Å²) in [6.07, 6.45) is 0. The largest absolute Gasteiger partial charge is 0.489 e. The first-order valence-corrected chi connectivity index (χ1v) is 8.89. The zero-order valence-electron chi connectivity index (χ0n) is 15.0. The molecule has 0 aromatic heterocycles. The molecule has 0 saturated carbocycles. The van der Waals surface area contributed by atoms with Gasteiger partial charge in [0.1, 0.15) is 12.4 Å². The van der Waals surface area contributed by atoms with E-state index in [9.17, 15) is 0 Å². The molecule has 2 heteroatoms. The van der Waals surface area contributed by atoms with Gasteiger partial charge in [0.25, 0.3) is 0 Å². The first-order valence-electron chi connectivity index (χ1n) is 8.10. The van der Waals surface area contributed by atoms with Gasteiger partial charge in [-0.05, 0) is 34.1 Å². The first kappa shape index (κ1) is 18.1. The van der Waals surface area contributed by atoms with E-state index in [1.807, 2.05) is 30.3 Å². The fraction of sp³-hybridized carbons (Fsp3) is 0.429. The molecule has 0 bridgehead atoms. The molecular weight excluding hydrogens is 348 g/mol. The third-order valence-corrected chi connectivity index (χ3v) is 4.90. The van der Waals surface area contributed by atoms with Crippen molar-refractivity contribution >= 4 is 15.9 Å². The Morgan fingerprint density at radius 1 is 0.870 bits per heavy atom. The van der Waals surface area contributed by atoms with Crippen LogP contribution in [-0.4, -0.2) is 0 Å². The van der Waals surface area contributed by atoms with E-state index in [-0.39, 0.29) is 10.8 Å². The first-order chi connectivity index (χ1) is 10.6. The molecular formula is C21H27BrO.